The summed E-state index contributed by atoms with van der Waals surface area (Å²) >= 11 is 0. The molecule has 154 valence electrons. The number of sulfonamides is 2. The molecular formula is C19H21N3O5S2. The molecule has 0 atom stereocenters. The second kappa shape index (κ2) is 7.12. The van der Waals surface area contributed by atoms with Gasteiger partial charge in [0.25, 0.3) is 10.0 Å². The van der Waals surface area contributed by atoms with Gasteiger partial charge in [-0.3, -0.25) is 0 Å². The van der Waals surface area contributed by atoms with Gasteiger partial charge in [-0.1, -0.05) is 12.1 Å². The van der Waals surface area contributed by atoms with Crippen molar-refractivity contribution in [3.05, 3.63) is 52.6 Å². The minimum atomic E-state index is -4.27. The smallest absolute Gasteiger partial charge is 0.307 e. The number of fused-ring (bicyclic) bond motifs is 2. The van der Waals surface area contributed by atoms with Crippen LogP contribution in [0.1, 0.15) is 35.1 Å². The van der Waals surface area contributed by atoms with Crippen molar-refractivity contribution < 1.29 is 21.6 Å². The fourth-order valence-corrected chi connectivity index (χ4v) is 5.69. The van der Waals surface area contributed by atoms with Crippen molar-refractivity contribution in [3.8, 4) is 0 Å². The van der Waals surface area contributed by atoms with Gasteiger partial charge in [0, 0.05) is 5.69 Å². The molecular weight excluding hydrogens is 414 g/mol. The molecule has 0 bridgehead atoms. The van der Waals surface area contributed by atoms with Gasteiger partial charge in [0.2, 0.25) is 10.0 Å². The van der Waals surface area contributed by atoms with Gasteiger partial charge in [-0.2, -0.15) is 0 Å². The topological polar surface area (TPSA) is 135 Å². The minimum absolute atomic E-state index is 0.348. The first-order valence-electron chi connectivity index (χ1n) is 9.28. The molecule has 4 N–H and O–H groups in total. The van der Waals surface area contributed by atoms with E-state index < -0.39 is 26.1 Å². The van der Waals surface area contributed by atoms with E-state index in [1.54, 1.807) is 0 Å². The van der Waals surface area contributed by atoms with E-state index in [4.69, 9.17) is 5.14 Å². The summed E-state index contributed by atoms with van der Waals surface area (Å²) in [6, 6.07) is 5.89. The predicted molar refractivity (Wildman–Crippen MR) is 108 cm³/mol. The first-order chi connectivity index (χ1) is 13.6. The Bertz CT molecular complexity index is 1190. The Balaban J connectivity index is 1.60. The lowest BCUT2D eigenvalue weighted by molar-refractivity contribution is 0.256. The normalized spacial score (nSPS) is 15.6. The van der Waals surface area contributed by atoms with Crippen molar-refractivity contribution in [2.75, 3.05) is 5.32 Å². The number of nitrogens with two attached hydrogens (primary N) is 1. The minimum Gasteiger partial charge on any atom is -0.307 e. The lowest BCUT2D eigenvalue weighted by Crippen LogP contribution is -2.35. The lowest BCUT2D eigenvalue weighted by Gasteiger charge is -2.16. The van der Waals surface area contributed by atoms with Crippen molar-refractivity contribution in [2.24, 2.45) is 5.14 Å². The van der Waals surface area contributed by atoms with E-state index in [1.807, 2.05) is 4.72 Å². The zero-order valence-corrected chi connectivity index (χ0v) is 17.2. The van der Waals surface area contributed by atoms with Crippen LogP contribution in [0.5, 0.6) is 0 Å². The van der Waals surface area contributed by atoms with Crippen LogP contribution in [0.3, 0.4) is 0 Å². The Labute approximate surface area is 169 Å². The lowest BCUT2D eigenvalue weighted by atomic mass is 9.99. The van der Waals surface area contributed by atoms with Gasteiger partial charge in [0.05, 0.1) is 9.79 Å². The highest BCUT2D eigenvalue weighted by Crippen LogP contribution is 2.38. The van der Waals surface area contributed by atoms with E-state index in [9.17, 15) is 21.6 Å². The summed E-state index contributed by atoms with van der Waals surface area (Å²) in [6.45, 7) is 0. The second-order valence-electron chi connectivity index (χ2n) is 7.31. The number of primary sulfonamides is 1. The molecule has 0 saturated heterocycles. The van der Waals surface area contributed by atoms with Gasteiger partial charge in [-0.25, -0.2) is 31.5 Å². The molecule has 2 aromatic rings. The Kier molecular flexibility index (Phi) is 4.88. The Hall–Kier alpha value is -2.43. The highest BCUT2D eigenvalue weighted by molar-refractivity contribution is 7.90. The molecule has 4 rings (SSSR count). The Morgan fingerprint density at radius 3 is 2.03 bits per heavy atom. The van der Waals surface area contributed by atoms with Crippen molar-refractivity contribution in [2.45, 2.75) is 48.3 Å². The third kappa shape index (κ3) is 3.87. The number of nitrogens with one attached hydrogen (secondary N) is 2. The molecule has 0 heterocycles. The molecule has 0 aliphatic heterocycles. The molecule has 2 aliphatic carbocycles. The average Bonchev–Trinajstić information content (AvgIpc) is 3.29. The maximum atomic E-state index is 12.6. The van der Waals surface area contributed by atoms with Gasteiger partial charge in [-0.05, 0) is 79.0 Å². The molecule has 2 amide bonds. The number of anilines is 1. The predicted octanol–water partition coefficient (Wildman–Crippen LogP) is 1.82. The van der Waals surface area contributed by atoms with Crippen LogP contribution in [0.4, 0.5) is 10.5 Å². The summed E-state index contributed by atoms with van der Waals surface area (Å²) in [6.07, 6.45) is 5.62. The van der Waals surface area contributed by atoms with Gasteiger partial charge in [-0.15, -0.1) is 0 Å². The first-order valence-corrected chi connectivity index (χ1v) is 12.3. The van der Waals surface area contributed by atoms with Crippen LogP contribution in [0.15, 0.2) is 40.1 Å². The van der Waals surface area contributed by atoms with E-state index >= 15 is 0 Å². The van der Waals surface area contributed by atoms with Crippen LogP contribution in [0, 0.1) is 0 Å². The number of hydrogen-bond donors (Lipinski definition) is 3. The number of amides is 2. The van der Waals surface area contributed by atoms with Crippen LogP contribution >= 0.6 is 0 Å². The van der Waals surface area contributed by atoms with Crippen LogP contribution < -0.4 is 15.2 Å². The summed E-state index contributed by atoms with van der Waals surface area (Å²) in [5, 5.41) is 7.80. The maximum Gasteiger partial charge on any atom is 0.333 e. The van der Waals surface area contributed by atoms with Crippen molar-refractivity contribution in [3.63, 3.8) is 0 Å². The van der Waals surface area contributed by atoms with E-state index in [2.05, 4.69) is 11.4 Å². The van der Waals surface area contributed by atoms with Crippen molar-refractivity contribution >= 4 is 31.8 Å². The Morgan fingerprint density at radius 2 is 1.45 bits per heavy atom. The summed E-state index contributed by atoms with van der Waals surface area (Å²) in [5.41, 5.74) is 5.30. The van der Waals surface area contributed by atoms with Crippen molar-refractivity contribution in [1.29, 1.82) is 0 Å². The molecule has 0 unspecified atom stereocenters. The monoisotopic (exact) mass is 435 g/mol. The van der Waals surface area contributed by atoms with E-state index in [0.717, 1.165) is 61.4 Å². The number of rotatable bonds is 4. The molecule has 10 heteroatoms. The molecule has 0 spiro atoms. The SMILES string of the molecule is NS(=O)(=O)c1cccc(S(=O)(=O)NC(=O)Nc2c3c(cc4c2CCC4)CCC3)c1. The van der Waals surface area contributed by atoms with E-state index in [1.165, 1.54) is 29.3 Å². The fourth-order valence-electron chi connectivity index (χ4n) is 4.11. The molecule has 8 nitrogen and oxygen atoms in total. The molecule has 0 radical (unpaired) electrons. The number of carbonyl (C=O) groups is 1. The molecule has 0 fully saturated rings. The highest BCUT2D eigenvalue weighted by atomic mass is 32.2. The third-order valence-electron chi connectivity index (χ3n) is 5.38. The third-order valence-corrected chi connectivity index (χ3v) is 7.62. The quantitative estimate of drug-likeness (QED) is 0.673. The van der Waals surface area contributed by atoms with Gasteiger partial charge in [0.1, 0.15) is 0 Å². The average molecular weight is 436 g/mol. The number of aryl methyl sites for hydroxylation is 2. The fraction of sp³-hybridized carbons (Fsp3) is 0.316. The number of hydrogen-bond acceptors (Lipinski definition) is 5. The van der Waals surface area contributed by atoms with E-state index in [-0.39, 0.29) is 9.79 Å². The Morgan fingerprint density at radius 1 is 0.862 bits per heavy atom. The maximum absolute atomic E-state index is 12.6. The molecule has 0 saturated carbocycles. The first kappa shape index (κ1) is 19.9. The zero-order valence-electron chi connectivity index (χ0n) is 15.6. The number of carbonyl (C=O) groups excluding carboxylic acids is 1. The van der Waals surface area contributed by atoms with E-state index in [0.29, 0.717) is 0 Å². The molecule has 0 aromatic heterocycles. The van der Waals surface area contributed by atoms with Crippen LogP contribution in [0.2, 0.25) is 0 Å². The van der Waals surface area contributed by atoms with Gasteiger partial charge < -0.3 is 5.32 Å². The molecule has 2 aliphatic rings. The number of benzene rings is 2. The summed E-state index contributed by atoms with van der Waals surface area (Å²) in [4.78, 5) is 11.8. The van der Waals surface area contributed by atoms with Crippen molar-refractivity contribution in [1.82, 2.24) is 4.72 Å². The summed E-state index contributed by atoms with van der Waals surface area (Å²) in [5.74, 6) is 0. The molecule has 2 aromatic carbocycles. The van der Waals surface area contributed by atoms with Gasteiger partial charge in [0.15, 0.2) is 0 Å². The molecule has 29 heavy (non-hydrogen) atoms. The second-order valence-corrected chi connectivity index (χ2v) is 10.6. The standard InChI is InChI=1S/C19H21N3O5S2/c20-28(24,25)14-6-3-7-15(11-14)29(26,27)22-19(23)21-18-16-8-1-4-12(16)10-13-5-2-9-17(13)18/h3,6-7,10-11H,1-2,4-5,8-9H2,(H2,20,24,25)(H2,21,22,23). The largest absolute Gasteiger partial charge is 0.333 e. The zero-order chi connectivity index (χ0) is 20.8. The van der Waals surface area contributed by atoms with Gasteiger partial charge >= 0.3 is 6.03 Å². The summed E-state index contributed by atoms with van der Waals surface area (Å²) < 4.78 is 50.1. The summed E-state index contributed by atoms with van der Waals surface area (Å²) in [7, 11) is -8.34. The number of urea groups is 1. The highest BCUT2D eigenvalue weighted by Gasteiger charge is 2.26. The van der Waals surface area contributed by atoms with Crippen LogP contribution in [-0.4, -0.2) is 22.9 Å². The van der Waals surface area contributed by atoms with Crippen LogP contribution in [0.25, 0.3) is 0 Å². The van der Waals surface area contributed by atoms with Crippen LogP contribution in [-0.2, 0) is 45.7 Å².